The predicted molar refractivity (Wildman–Crippen MR) is 115 cm³/mol. The van der Waals surface area contributed by atoms with Gasteiger partial charge < -0.3 is 5.32 Å². The number of nitriles is 1. The van der Waals surface area contributed by atoms with Gasteiger partial charge in [-0.15, -0.1) is 0 Å². The first kappa shape index (κ1) is 21.0. The zero-order valence-corrected chi connectivity index (χ0v) is 18.1. The maximum atomic E-state index is 13.0. The number of aromatic nitrogens is 3. The molecule has 0 spiro atoms. The van der Waals surface area contributed by atoms with E-state index in [4.69, 9.17) is 0 Å². The molecular weight excluding hydrogens is 416 g/mol. The van der Waals surface area contributed by atoms with Gasteiger partial charge in [0.2, 0.25) is 15.9 Å². The Hall–Kier alpha value is -3.29. The number of nitrogens with zero attached hydrogens (tertiary/aromatic N) is 5. The number of pyridine rings is 1. The van der Waals surface area contributed by atoms with E-state index >= 15 is 0 Å². The lowest BCUT2D eigenvalue weighted by atomic mass is 9.97. The third kappa shape index (κ3) is 3.89. The lowest BCUT2D eigenvalue weighted by Gasteiger charge is -2.30. The van der Waals surface area contributed by atoms with Gasteiger partial charge in [-0.25, -0.2) is 13.4 Å². The van der Waals surface area contributed by atoms with Crippen LogP contribution in [0, 0.1) is 24.2 Å². The fraction of sp³-hybridized carbons (Fsp3) is 0.333. The van der Waals surface area contributed by atoms with Crippen molar-refractivity contribution >= 4 is 32.7 Å². The predicted octanol–water partition coefficient (Wildman–Crippen LogP) is 2.19. The zero-order valence-electron chi connectivity index (χ0n) is 17.2. The molecule has 2 aromatic heterocycles. The van der Waals surface area contributed by atoms with Crippen LogP contribution in [0.1, 0.15) is 24.1 Å². The van der Waals surface area contributed by atoms with E-state index in [2.05, 4.69) is 15.4 Å². The second kappa shape index (κ2) is 8.09. The van der Waals surface area contributed by atoms with Gasteiger partial charge in [-0.1, -0.05) is 12.1 Å². The van der Waals surface area contributed by atoms with E-state index < -0.39 is 10.0 Å². The number of benzene rings is 1. The molecule has 10 heteroatoms. The summed E-state index contributed by atoms with van der Waals surface area (Å²) in [7, 11) is -1.96. The van der Waals surface area contributed by atoms with Crippen molar-refractivity contribution in [3.05, 3.63) is 47.8 Å². The number of carbonyl (C=O) groups excluding carboxylic acids is 1. The quantitative estimate of drug-likeness (QED) is 0.666. The molecule has 1 aliphatic rings. The van der Waals surface area contributed by atoms with Gasteiger partial charge in [0, 0.05) is 31.4 Å². The van der Waals surface area contributed by atoms with E-state index in [1.165, 1.54) is 16.4 Å². The fourth-order valence-corrected chi connectivity index (χ4v) is 5.51. The Morgan fingerprint density at radius 2 is 1.97 bits per heavy atom. The van der Waals surface area contributed by atoms with Gasteiger partial charge >= 0.3 is 0 Å². The number of carbonyl (C=O) groups is 1. The summed E-state index contributed by atoms with van der Waals surface area (Å²) in [6, 6.07) is 9.94. The minimum Gasteiger partial charge on any atom is -0.324 e. The Kier molecular flexibility index (Phi) is 5.47. The van der Waals surface area contributed by atoms with Crippen LogP contribution in [0.25, 0.3) is 11.0 Å². The topological polar surface area (TPSA) is 121 Å². The third-order valence-corrected chi connectivity index (χ3v) is 7.54. The SMILES string of the molecule is Cc1nn(C)c2ncc(NC(=O)C3CCN(S(=O)(=O)c4ccccc4C#N)CC3)cc12. The van der Waals surface area contributed by atoms with Gasteiger partial charge in [0.1, 0.15) is 6.07 Å². The summed E-state index contributed by atoms with van der Waals surface area (Å²) in [5.74, 6) is -0.458. The van der Waals surface area contributed by atoms with Crippen LogP contribution in [0.4, 0.5) is 5.69 Å². The highest BCUT2D eigenvalue weighted by Crippen LogP contribution is 2.27. The molecule has 31 heavy (non-hydrogen) atoms. The van der Waals surface area contributed by atoms with Crippen molar-refractivity contribution in [2.75, 3.05) is 18.4 Å². The lowest BCUT2D eigenvalue weighted by Crippen LogP contribution is -2.41. The Bertz CT molecular complexity index is 1300. The largest absolute Gasteiger partial charge is 0.324 e. The molecule has 1 N–H and O–H groups in total. The second-order valence-corrected chi connectivity index (χ2v) is 9.49. The summed E-state index contributed by atoms with van der Waals surface area (Å²) >= 11 is 0. The van der Waals surface area contributed by atoms with Crippen molar-refractivity contribution in [3.8, 4) is 6.07 Å². The highest BCUT2D eigenvalue weighted by Gasteiger charge is 2.33. The van der Waals surface area contributed by atoms with Gasteiger partial charge in [0.15, 0.2) is 5.65 Å². The summed E-state index contributed by atoms with van der Waals surface area (Å²) in [6.45, 7) is 2.33. The molecular formula is C21H22N6O3S. The summed E-state index contributed by atoms with van der Waals surface area (Å²) in [5, 5.41) is 17.3. The molecule has 0 unspecified atom stereocenters. The van der Waals surface area contributed by atoms with Gasteiger partial charge in [-0.2, -0.15) is 14.7 Å². The van der Waals surface area contributed by atoms with Crippen molar-refractivity contribution < 1.29 is 13.2 Å². The average Bonchev–Trinajstić information content (AvgIpc) is 3.06. The van der Waals surface area contributed by atoms with E-state index in [1.807, 2.05) is 26.1 Å². The first-order valence-corrected chi connectivity index (χ1v) is 11.3. The zero-order chi connectivity index (χ0) is 22.2. The number of fused-ring (bicyclic) bond motifs is 1. The maximum absolute atomic E-state index is 13.0. The Morgan fingerprint density at radius 1 is 1.26 bits per heavy atom. The van der Waals surface area contributed by atoms with E-state index in [-0.39, 0.29) is 35.4 Å². The Balaban J connectivity index is 1.43. The molecule has 0 atom stereocenters. The molecule has 1 aromatic carbocycles. The molecule has 0 bridgehead atoms. The van der Waals surface area contributed by atoms with Gasteiger partial charge in [0.05, 0.1) is 28.0 Å². The van der Waals surface area contributed by atoms with E-state index in [0.29, 0.717) is 18.5 Å². The standard InChI is InChI=1S/C21H22N6O3S/c1-14-18-11-17(13-23-20(18)26(2)25-14)24-21(28)15-7-9-27(10-8-15)31(29,30)19-6-4-3-5-16(19)12-22/h3-6,11,13,15H,7-10H2,1-2H3,(H,24,28). The van der Waals surface area contributed by atoms with Crippen molar-refractivity contribution in [2.24, 2.45) is 13.0 Å². The number of hydrogen-bond acceptors (Lipinski definition) is 6. The lowest BCUT2D eigenvalue weighted by molar-refractivity contribution is -0.120. The first-order chi connectivity index (χ1) is 14.8. The number of anilines is 1. The molecule has 1 aliphatic heterocycles. The maximum Gasteiger partial charge on any atom is 0.244 e. The van der Waals surface area contributed by atoms with Crippen LogP contribution in [0.2, 0.25) is 0 Å². The monoisotopic (exact) mass is 438 g/mol. The Morgan fingerprint density at radius 3 is 2.68 bits per heavy atom. The molecule has 1 saturated heterocycles. The highest BCUT2D eigenvalue weighted by atomic mass is 32.2. The molecule has 4 rings (SSSR count). The van der Waals surface area contributed by atoms with Crippen molar-refractivity contribution in [3.63, 3.8) is 0 Å². The molecule has 0 radical (unpaired) electrons. The van der Waals surface area contributed by atoms with E-state index in [0.717, 1.165) is 16.7 Å². The van der Waals surface area contributed by atoms with Crippen LogP contribution in [-0.2, 0) is 21.9 Å². The van der Waals surface area contributed by atoms with Gasteiger partial charge in [0.25, 0.3) is 0 Å². The van der Waals surface area contributed by atoms with Crippen LogP contribution >= 0.6 is 0 Å². The number of piperidine rings is 1. The van der Waals surface area contributed by atoms with Crippen LogP contribution < -0.4 is 5.32 Å². The second-order valence-electron chi connectivity index (χ2n) is 7.58. The normalized spacial score (nSPS) is 15.6. The highest BCUT2D eigenvalue weighted by molar-refractivity contribution is 7.89. The molecule has 3 heterocycles. The van der Waals surface area contributed by atoms with Crippen LogP contribution in [0.15, 0.2) is 41.4 Å². The molecule has 0 saturated carbocycles. The number of nitrogens with one attached hydrogen (secondary N) is 1. The molecule has 1 fully saturated rings. The minimum atomic E-state index is -3.78. The number of amides is 1. The molecule has 9 nitrogen and oxygen atoms in total. The average molecular weight is 439 g/mol. The smallest absolute Gasteiger partial charge is 0.244 e. The molecule has 1 amide bonds. The van der Waals surface area contributed by atoms with E-state index in [1.54, 1.807) is 23.0 Å². The Labute approximate surface area is 180 Å². The molecule has 0 aliphatic carbocycles. The number of sulfonamides is 1. The molecule has 160 valence electrons. The summed E-state index contributed by atoms with van der Waals surface area (Å²) in [4.78, 5) is 17.1. The van der Waals surface area contributed by atoms with Crippen LogP contribution in [-0.4, -0.2) is 46.5 Å². The summed E-state index contributed by atoms with van der Waals surface area (Å²) in [5.41, 5.74) is 2.28. The van der Waals surface area contributed by atoms with Crippen molar-refractivity contribution in [1.29, 1.82) is 5.26 Å². The van der Waals surface area contributed by atoms with Gasteiger partial charge in [-0.3, -0.25) is 9.48 Å². The van der Waals surface area contributed by atoms with Gasteiger partial charge in [-0.05, 0) is 38.0 Å². The number of rotatable bonds is 4. The summed E-state index contributed by atoms with van der Waals surface area (Å²) in [6.07, 6.45) is 2.41. The van der Waals surface area contributed by atoms with Crippen molar-refractivity contribution in [2.45, 2.75) is 24.7 Å². The van der Waals surface area contributed by atoms with Crippen LogP contribution in [0.5, 0.6) is 0 Å². The third-order valence-electron chi connectivity index (χ3n) is 5.58. The van der Waals surface area contributed by atoms with Crippen LogP contribution in [0.3, 0.4) is 0 Å². The molecule has 3 aromatic rings. The first-order valence-electron chi connectivity index (χ1n) is 9.90. The number of hydrogen-bond donors (Lipinski definition) is 1. The summed E-state index contributed by atoms with van der Waals surface area (Å²) < 4.78 is 28.9. The fourth-order valence-electron chi connectivity index (χ4n) is 3.90. The number of aryl methyl sites for hydroxylation is 2. The van der Waals surface area contributed by atoms with Crippen molar-refractivity contribution in [1.82, 2.24) is 19.1 Å². The van der Waals surface area contributed by atoms with E-state index in [9.17, 15) is 18.5 Å². The minimum absolute atomic E-state index is 0.00613.